The molecule has 4 nitrogen and oxygen atoms in total. The molecule has 0 heterocycles. The van der Waals surface area contributed by atoms with Gasteiger partial charge in [-0.05, 0) is 118 Å². The van der Waals surface area contributed by atoms with Crippen molar-refractivity contribution in [2.45, 2.75) is 13.8 Å². The van der Waals surface area contributed by atoms with Crippen LogP contribution in [0, 0.1) is 13.8 Å². The Morgan fingerprint density at radius 2 is 0.575 bits per heavy atom. The standard InChI is InChI=1S/C32H22Cl4O4/c1-15-29(17-3-7-21(33)25(37)11-17)31(19-5-9-23(35)27(39)13-19)16(2)32(20-6-10-24(36)28(40)14-20)30(15)18-4-8-22(34)26(38)12-18/h3-14,37-40H,1-2H3. The largest absolute Gasteiger partial charge is 0.506 e. The molecule has 202 valence electrons. The molecule has 0 saturated heterocycles. The Morgan fingerprint density at radius 3 is 0.750 bits per heavy atom. The number of rotatable bonds is 4. The average molecular weight is 612 g/mol. The van der Waals surface area contributed by atoms with Gasteiger partial charge in [0.15, 0.2) is 0 Å². The summed E-state index contributed by atoms with van der Waals surface area (Å²) in [5.74, 6) is -0.339. The van der Waals surface area contributed by atoms with E-state index in [2.05, 4.69) is 0 Å². The van der Waals surface area contributed by atoms with Crippen molar-refractivity contribution in [3.05, 3.63) is 104 Å². The molecular weight excluding hydrogens is 590 g/mol. The fraction of sp³-hybridized carbons (Fsp3) is 0.0625. The molecule has 5 rings (SSSR count). The normalized spacial score (nSPS) is 11.2. The Balaban J connectivity index is 2.00. The van der Waals surface area contributed by atoms with E-state index >= 15 is 0 Å². The Kier molecular flexibility index (Phi) is 7.56. The lowest BCUT2D eigenvalue weighted by Crippen LogP contribution is -2.01. The van der Waals surface area contributed by atoms with Crippen LogP contribution in [0.5, 0.6) is 23.0 Å². The van der Waals surface area contributed by atoms with E-state index in [1.807, 2.05) is 13.8 Å². The van der Waals surface area contributed by atoms with Crippen LogP contribution < -0.4 is 0 Å². The van der Waals surface area contributed by atoms with Crippen LogP contribution in [0.25, 0.3) is 44.5 Å². The molecule has 0 atom stereocenters. The Labute approximate surface area is 251 Å². The van der Waals surface area contributed by atoms with Crippen molar-refractivity contribution < 1.29 is 20.4 Å². The topological polar surface area (TPSA) is 80.9 Å². The average Bonchev–Trinajstić information content (AvgIpc) is 2.91. The van der Waals surface area contributed by atoms with Gasteiger partial charge in [0.1, 0.15) is 23.0 Å². The molecule has 0 radical (unpaired) electrons. The molecule has 4 N–H and O–H groups in total. The van der Waals surface area contributed by atoms with Crippen molar-refractivity contribution in [3.63, 3.8) is 0 Å². The van der Waals surface area contributed by atoms with Crippen LogP contribution in [-0.2, 0) is 0 Å². The third kappa shape index (κ3) is 4.93. The number of halogens is 4. The zero-order valence-electron chi connectivity index (χ0n) is 21.2. The molecule has 0 unspecified atom stereocenters. The van der Waals surface area contributed by atoms with Gasteiger partial charge in [0.05, 0.1) is 20.1 Å². The highest BCUT2D eigenvalue weighted by Gasteiger charge is 2.25. The summed E-state index contributed by atoms with van der Waals surface area (Å²) in [6, 6.07) is 20.0. The molecule has 0 aliphatic carbocycles. The summed E-state index contributed by atoms with van der Waals surface area (Å²) >= 11 is 24.6. The Morgan fingerprint density at radius 1 is 0.375 bits per heavy atom. The van der Waals surface area contributed by atoms with Gasteiger partial charge in [-0.15, -0.1) is 0 Å². The summed E-state index contributed by atoms with van der Waals surface area (Å²) in [5, 5.41) is 42.9. The van der Waals surface area contributed by atoms with Crippen LogP contribution in [0.1, 0.15) is 11.1 Å². The maximum Gasteiger partial charge on any atom is 0.134 e. The van der Waals surface area contributed by atoms with Crippen LogP contribution in [-0.4, -0.2) is 20.4 Å². The van der Waals surface area contributed by atoms with Crippen molar-refractivity contribution in [3.8, 4) is 67.5 Å². The minimum Gasteiger partial charge on any atom is -0.506 e. The maximum atomic E-state index is 10.5. The van der Waals surface area contributed by atoms with E-state index in [1.165, 1.54) is 0 Å². The van der Waals surface area contributed by atoms with Gasteiger partial charge in [0, 0.05) is 0 Å². The van der Waals surface area contributed by atoms with Gasteiger partial charge >= 0.3 is 0 Å². The molecular formula is C32H22Cl4O4. The summed E-state index contributed by atoms with van der Waals surface area (Å²) < 4.78 is 0. The number of aromatic hydroxyl groups is 4. The predicted molar refractivity (Wildman–Crippen MR) is 164 cm³/mol. The monoisotopic (exact) mass is 610 g/mol. The second kappa shape index (κ2) is 10.8. The highest BCUT2D eigenvalue weighted by Crippen LogP contribution is 2.50. The van der Waals surface area contributed by atoms with Crippen molar-refractivity contribution >= 4 is 46.4 Å². The molecule has 0 spiro atoms. The lowest BCUT2D eigenvalue weighted by molar-refractivity contribution is 0.475. The van der Waals surface area contributed by atoms with Gasteiger partial charge in [-0.1, -0.05) is 70.7 Å². The molecule has 0 bridgehead atoms. The summed E-state index contributed by atoms with van der Waals surface area (Å²) in [4.78, 5) is 0. The fourth-order valence-corrected chi connectivity index (χ4v) is 5.59. The summed E-state index contributed by atoms with van der Waals surface area (Å²) in [7, 11) is 0. The van der Waals surface area contributed by atoms with Gasteiger partial charge in [0.2, 0.25) is 0 Å². The lowest BCUT2D eigenvalue weighted by Gasteiger charge is -2.26. The Hall–Kier alpha value is -3.54. The van der Waals surface area contributed by atoms with E-state index in [-0.39, 0.29) is 43.1 Å². The first-order valence-electron chi connectivity index (χ1n) is 12.1. The zero-order chi connectivity index (χ0) is 28.9. The highest BCUT2D eigenvalue weighted by molar-refractivity contribution is 6.33. The van der Waals surface area contributed by atoms with E-state index in [0.717, 1.165) is 33.4 Å². The van der Waals surface area contributed by atoms with E-state index in [4.69, 9.17) is 46.4 Å². The van der Waals surface area contributed by atoms with E-state index in [1.54, 1.807) is 72.8 Å². The molecule has 5 aromatic carbocycles. The molecule has 0 aromatic heterocycles. The van der Waals surface area contributed by atoms with Crippen LogP contribution in [0.3, 0.4) is 0 Å². The van der Waals surface area contributed by atoms with E-state index in [0.29, 0.717) is 22.3 Å². The zero-order valence-corrected chi connectivity index (χ0v) is 24.3. The number of hydrogen-bond acceptors (Lipinski definition) is 4. The van der Waals surface area contributed by atoms with Crippen molar-refractivity contribution in [2.24, 2.45) is 0 Å². The second-order valence-corrected chi connectivity index (χ2v) is 11.0. The first-order valence-corrected chi connectivity index (χ1v) is 13.6. The summed E-state index contributed by atoms with van der Waals surface area (Å²) in [6.45, 7) is 3.86. The van der Waals surface area contributed by atoms with Crippen LogP contribution in [0.2, 0.25) is 20.1 Å². The minimum atomic E-state index is -0.0847. The molecule has 0 aliphatic heterocycles. The first kappa shape index (κ1) is 28.0. The van der Waals surface area contributed by atoms with Crippen LogP contribution >= 0.6 is 46.4 Å². The molecule has 5 aromatic rings. The molecule has 40 heavy (non-hydrogen) atoms. The quantitative estimate of drug-likeness (QED) is 0.163. The maximum absolute atomic E-state index is 10.5. The van der Waals surface area contributed by atoms with Crippen molar-refractivity contribution in [1.29, 1.82) is 0 Å². The first-order chi connectivity index (χ1) is 19.0. The van der Waals surface area contributed by atoms with Crippen molar-refractivity contribution in [1.82, 2.24) is 0 Å². The number of benzene rings is 5. The van der Waals surface area contributed by atoms with Crippen molar-refractivity contribution in [2.75, 3.05) is 0 Å². The molecule has 0 amide bonds. The molecule has 0 aliphatic rings. The SMILES string of the molecule is Cc1c(-c2ccc(Cl)c(O)c2)c(-c2ccc(Cl)c(O)c2)c(C)c(-c2ccc(Cl)c(O)c2)c1-c1ccc(Cl)c(O)c1. The van der Waals surface area contributed by atoms with Gasteiger partial charge < -0.3 is 20.4 Å². The predicted octanol–water partition coefficient (Wildman–Crippen LogP) is 10.4. The summed E-state index contributed by atoms with van der Waals surface area (Å²) in [6.07, 6.45) is 0. The number of phenolic OH excluding ortho intramolecular Hbond substituents is 4. The van der Waals surface area contributed by atoms with Gasteiger partial charge in [0.25, 0.3) is 0 Å². The van der Waals surface area contributed by atoms with E-state index < -0.39 is 0 Å². The third-order valence-electron chi connectivity index (χ3n) is 6.94. The lowest BCUT2D eigenvalue weighted by atomic mass is 9.78. The smallest absolute Gasteiger partial charge is 0.134 e. The summed E-state index contributed by atoms with van der Waals surface area (Å²) in [5.41, 5.74) is 7.35. The van der Waals surface area contributed by atoms with Gasteiger partial charge in [-0.25, -0.2) is 0 Å². The van der Waals surface area contributed by atoms with Gasteiger partial charge in [-0.2, -0.15) is 0 Å². The number of hydrogen-bond donors (Lipinski definition) is 4. The fourth-order valence-electron chi connectivity index (χ4n) is 5.12. The molecule has 0 fully saturated rings. The molecule has 0 saturated carbocycles. The third-order valence-corrected chi connectivity index (χ3v) is 8.22. The van der Waals surface area contributed by atoms with Crippen LogP contribution in [0.15, 0.2) is 72.8 Å². The van der Waals surface area contributed by atoms with Gasteiger partial charge in [-0.3, -0.25) is 0 Å². The molecule has 8 heteroatoms. The van der Waals surface area contributed by atoms with E-state index in [9.17, 15) is 20.4 Å². The highest BCUT2D eigenvalue weighted by atomic mass is 35.5. The minimum absolute atomic E-state index is 0.0847. The van der Waals surface area contributed by atoms with Crippen LogP contribution in [0.4, 0.5) is 0 Å². The Bertz CT molecular complexity index is 1550. The second-order valence-electron chi connectivity index (χ2n) is 9.41. The number of phenols is 4.